The molecule has 2 rings (SSSR count). The van der Waals surface area contributed by atoms with E-state index < -0.39 is 0 Å². The van der Waals surface area contributed by atoms with Gasteiger partial charge < -0.3 is 4.74 Å². The summed E-state index contributed by atoms with van der Waals surface area (Å²) >= 11 is -0.0661. The van der Waals surface area contributed by atoms with Crippen LogP contribution in [-0.4, -0.2) is 7.11 Å². The molecule has 0 bridgehead atoms. The highest BCUT2D eigenvalue weighted by molar-refractivity contribution is 5.20. The van der Waals surface area contributed by atoms with Crippen LogP contribution in [0.2, 0.25) is 0 Å². The average molecular weight is 353 g/mol. The van der Waals surface area contributed by atoms with E-state index in [2.05, 4.69) is 68.4 Å². The Kier molecular flexibility index (Phi) is 4.40. The van der Waals surface area contributed by atoms with Crippen LogP contribution in [0.1, 0.15) is 19.4 Å². The van der Waals surface area contributed by atoms with Gasteiger partial charge >= 0.3 is 21.2 Å². The number of rotatable bonds is 4. The largest absolute Gasteiger partial charge is 0.374 e. The zero-order chi connectivity index (χ0) is 13.0. The minimum atomic E-state index is -0.205. The summed E-state index contributed by atoms with van der Waals surface area (Å²) in [6, 6.07) is 19.5. The normalized spacial score (nSPS) is 11.5. The maximum absolute atomic E-state index is 5.49. The van der Waals surface area contributed by atoms with Crippen molar-refractivity contribution in [2.24, 2.45) is 0 Å². The molecule has 0 spiro atoms. The van der Waals surface area contributed by atoms with Crippen molar-refractivity contribution in [2.75, 3.05) is 7.11 Å². The third-order valence-corrected chi connectivity index (χ3v) is 5.69. The fourth-order valence-corrected chi connectivity index (χ4v) is 3.85. The first-order valence-corrected chi connectivity index (χ1v) is 8.13. The molecule has 0 saturated carbocycles. The summed E-state index contributed by atoms with van der Waals surface area (Å²) in [6.07, 6.45) is 0. The lowest BCUT2D eigenvalue weighted by Crippen LogP contribution is -3.61. The molecule has 0 N–H and O–H groups in total. The number of methoxy groups -OCH3 is 1. The Bertz CT molecular complexity index is 488. The standard InChI is InChI=1S/C16H18IO/c1-16(2,18-3)13-9-11-15(12-10-13)17-14-7-5-4-6-8-14/h4-12H,1-3H3/q+1. The highest BCUT2D eigenvalue weighted by atomic mass is 127. The average Bonchev–Trinajstić information content (AvgIpc) is 2.40. The van der Waals surface area contributed by atoms with E-state index in [4.69, 9.17) is 4.74 Å². The second kappa shape index (κ2) is 5.85. The van der Waals surface area contributed by atoms with E-state index in [0.717, 1.165) is 0 Å². The Balaban J connectivity index is 2.14. The van der Waals surface area contributed by atoms with Gasteiger partial charge in [-0.25, -0.2) is 0 Å². The van der Waals surface area contributed by atoms with Gasteiger partial charge in [-0.15, -0.1) is 0 Å². The fraction of sp³-hybridized carbons (Fsp3) is 0.250. The molecule has 0 radical (unpaired) electrons. The molecule has 0 fully saturated rings. The first-order valence-electron chi connectivity index (χ1n) is 5.97. The summed E-state index contributed by atoms with van der Waals surface area (Å²) in [5, 5.41) is 0. The Hall–Kier alpha value is -0.870. The molecule has 0 atom stereocenters. The van der Waals surface area contributed by atoms with E-state index in [9.17, 15) is 0 Å². The summed E-state index contributed by atoms with van der Waals surface area (Å²) in [6.45, 7) is 4.18. The molecule has 0 heterocycles. The van der Waals surface area contributed by atoms with Crippen LogP contribution in [0.15, 0.2) is 54.6 Å². The quantitative estimate of drug-likeness (QED) is 0.736. The second-order valence-corrected chi connectivity index (χ2v) is 7.64. The van der Waals surface area contributed by atoms with Crippen molar-refractivity contribution in [1.29, 1.82) is 0 Å². The Morgan fingerprint density at radius 2 is 1.39 bits per heavy atom. The number of hydrogen-bond donors (Lipinski definition) is 0. The Morgan fingerprint density at radius 3 is 1.94 bits per heavy atom. The molecule has 0 aliphatic rings. The minimum absolute atomic E-state index is 0.0661. The van der Waals surface area contributed by atoms with Crippen molar-refractivity contribution in [3.8, 4) is 0 Å². The van der Waals surface area contributed by atoms with E-state index in [0.29, 0.717) is 0 Å². The summed E-state index contributed by atoms with van der Waals surface area (Å²) in [5.74, 6) is 0. The molecule has 2 heteroatoms. The molecule has 0 unspecified atom stereocenters. The monoisotopic (exact) mass is 353 g/mol. The molecule has 2 aromatic carbocycles. The van der Waals surface area contributed by atoms with Gasteiger partial charge in [-0.05, 0) is 43.7 Å². The smallest absolute Gasteiger partial charge is 0.357 e. The number of halogens is 1. The van der Waals surface area contributed by atoms with Crippen molar-refractivity contribution < 1.29 is 25.9 Å². The van der Waals surface area contributed by atoms with Gasteiger partial charge in [-0.3, -0.25) is 0 Å². The van der Waals surface area contributed by atoms with E-state index in [1.807, 2.05) is 0 Å². The summed E-state index contributed by atoms with van der Waals surface area (Å²) in [4.78, 5) is 0. The summed E-state index contributed by atoms with van der Waals surface area (Å²) in [7, 11) is 1.75. The minimum Gasteiger partial charge on any atom is -0.374 e. The maximum atomic E-state index is 5.49. The van der Waals surface area contributed by atoms with Crippen LogP contribution >= 0.6 is 0 Å². The van der Waals surface area contributed by atoms with Crippen LogP contribution in [0.5, 0.6) is 0 Å². The van der Waals surface area contributed by atoms with Crippen LogP contribution in [0.4, 0.5) is 0 Å². The Labute approximate surface area is 119 Å². The molecule has 0 aliphatic heterocycles. The van der Waals surface area contributed by atoms with Crippen molar-refractivity contribution >= 4 is 0 Å². The van der Waals surface area contributed by atoms with Crippen molar-refractivity contribution in [1.82, 2.24) is 0 Å². The van der Waals surface area contributed by atoms with Gasteiger partial charge in [0.15, 0.2) is 7.14 Å². The van der Waals surface area contributed by atoms with Gasteiger partial charge in [-0.1, -0.05) is 30.3 Å². The second-order valence-electron chi connectivity index (χ2n) is 4.61. The van der Waals surface area contributed by atoms with Crippen molar-refractivity contribution in [2.45, 2.75) is 19.4 Å². The van der Waals surface area contributed by atoms with Crippen molar-refractivity contribution in [3.05, 3.63) is 67.3 Å². The summed E-state index contributed by atoms with van der Waals surface area (Å²) in [5.41, 5.74) is 1.02. The fourth-order valence-electron chi connectivity index (χ4n) is 1.64. The van der Waals surface area contributed by atoms with Crippen LogP contribution in [0, 0.1) is 7.14 Å². The number of ether oxygens (including phenoxy) is 1. The van der Waals surface area contributed by atoms with Gasteiger partial charge in [-0.2, -0.15) is 0 Å². The predicted octanol–water partition coefficient (Wildman–Crippen LogP) is 0.696. The lowest BCUT2D eigenvalue weighted by molar-refractivity contribution is -0.597. The van der Waals surface area contributed by atoms with E-state index in [-0.39, 0.29) is 26.8 Å². The molecule has 0 amide bonds. The zero-order valence-electron chi connectivity index (χ0n) is 11.0. The molecule has 1 nitrogen and oxygen atoms in total. The number of benzene rings is 2. The lowest BCUT2D eigenvalue weighted by Gasteiger charge is -2.23. The first kappa shape index (κ1) is 13.6. The molecule has 0 saturated heterocycles. The summed E-state index contributed by atoms with van der Waals surface area (Å²) < 4.78 is 8.39. The van der Waals surface area contributed by atoms with Crippen LogP contribution in [-0.2, 0) is 10.3 Å². The molecule has 94 valence electrons. The van der Waals surface area contributed by atoms with Gasteiger partial charge in [0, 0.05) is 7.11 Å². The van der Waals surface area contributed by atoms with Crippen LogP contribution in [0.25, 0.3) is 0 Å². The van der Waals surface area contributed by atoms with Crippen molar-refractivity contribution in [3.63, 3.8) is 0 Å². The van der Waals surface area contributed by atoms with Gasteiger partial charge in [0.05, 0.1) is 5.60 Å². The predicted molar refractivity (Wildman–Crippen MR) is 70.3 cm³/mol. The third-order valence-electron chi connectivity index (χ3n) is 3.00. The number of hydrogen-bond acceptors (Lipinski definition) is 1. The molecule has 0 aliphatic carbocycles. The molecular weight excluding hydrogens is 335 g/mol. The molecular formula is C16H18IO+. The van der Waals surface area contributed by atoms with Crippen LogP contribution in [0.3, 0.4) is 0 Å². The first-order chi connectivity index (χ1) is 8.62. The SMILES string of the molecule is COC(C)(C)c1ccc([I+]c2ccccc2)cc1. The maximum Gasteiger partial charge on any atom is 0.357 e. The van der Waals surface area contributed by atoms with E-state index >= 15 is 0 Å². The zero-order valence-corrected chi connectivity index (χ0v) is 13.1. The Morgan fingerprint density at radius 1 is 0.833 bits per heavy atom. The lowest BCUT2D eigenvalue weighted by atomic mass is 9.98. The van der Waals surface area contributed by atoms with Crippen LogP contribution < -0.4 is 21.2 Å². The highest BCUT2D eigenvalue weighted by Crippen LogP contribution is 2.22. The third kappa shape index (κ3) is 3.33. The topological polar surface area (TPSA) is 9.23 Å². The van der Waals surface area contributed by atoms with E-state index in [1.54, 1.807) is 7.11 Å². The van der Waals surface area contributed by atoms with Gasteiger partial charge in [0.2, 0.25) is 0 Å². The molecule has 0 aromatic heterocycles. The molecule has 18 heavy (non-hydrogen) atoms. The van der Waals surface area contributed by atoms with E-state index in [1.165, 1.54) is 12.7 Å². The van der Waals surface area contributed by atoms with Gasteiger partial charge in [0.25, 0.3) is 0 Å². The molecule has 2 aromatic rings. The highest BCUT2D eigenvalue weighted by Gasteiger charge is 2.21. The van der Waals surface area contributed by atoms with Gasteiger partial charge in [0.1, 0.15) is 0 Å².